The highest BCUT2D eigenvalue weighted by Crippen LogP contribution is 2.41. The molecule has 0 saturated heterocycles. The van der Waals surface area contributed by atoms with Crippen LogP contribution in [0.5, 0.6) is 5.75 Å². The Morgan fingerprint density at radius 3 is 2.16 bits per heavy atom. The molecule has 0 radical (unpaired) electrons. The number of methoxy groups -OCH3 is 1. The molecule has 38 heavy (non-hydrogen) atoms. The van der Waals surface area contributed by atoms with Gasteiger partial charge >= 0.3 is 6.09 Å². The molecule has 3 rings (SSSR count). The van der Waals surface area contributed by atoms with Crippen molar-refractivity contribution in [1.82, 2.24) is 10.2 Å². The third-order valence-electron chi connectivity index (χ3n) is 6.83. The van der Waals surface area contributed by atoms with Gasteiger partial charge < -0.3 is 25.0 Å². The van der Waals surface area contributed by atoms with Gasteiger partial charge in [-0.25, -0.2) is 4.79 Å². The van der Waals surface area contributed by atoms with E-state index in [0.29, 0.717) is 23.4 Å². The zero-order valence-corrected chi connectivity index (χ0v) is 23.5. The zero-order chi connectivity index (χ0) is 28.0. The number of anilines is 1. The van der Waals surface area contributed by atoms with Gasteiger partial charge in [-0.3, -0.25) is 9.59 Å². The van der Waals surface area contributed by atoms with Crippen LogP contribution in [0.4, 0.5) is 10.5 Å². The van der Waals surface area contributed by atoms with Gasteiger partial charge in [-0.05, 0) is 68.9 Å². The van der Waals surface area contributed by atoms with Crippen LogP contribution in [-0.2, 0) is 14.3 Å². The van der Waals surface area contributed by atoms with Crippen LogP contribution < -0.4 is 15.4 Å². The quantitative estimate of drug-likeness (QED) is 0.426. The van der Waals surface area contributed by atoms with E-state index in [9.17, 15) is 14.4 Å². The molecule has 5 atom stereocenters. The summed E-state index contributed by atoms with van der Waals surface area (Å²) in [4.78, 5) is 42.6. The molecule has 5 unspecified atom stereocenters. The molecule has 1 aliphatic carbocycles. The Kier molecular flexibility index (Phi) is 9.41. The molecule has 2 aromatic rings. The number of alkyl carbamates (subject to hydrolysis) is 1. The number of carbonyl (C=O) groups excluding carboxylic acids is 3. The SMILES string of the molecule is CCC(C)C(NC(=O)OC(C)(C)C)C(=O)N(C(C(=O)Nc1ccc(OC)cc1)c1ccccc1)C1CC1C. The minimum atomic E-state index is -0.882. The summed E-state index contributed by atoms with van der Waals surface area (Å²) in [5.41, 5.74) is 0.590. The summed E-state index contributed by atoms with van der Waals surface area (Å²) >= 11 is 0. The molecule has 0 spiro atoms. The van der Waals surface area contributed by atoms with E-state index < -0.39 is 23.8 Å². The lowest BCUT2D eigenvalue weighted by Crippen LogP contribution is -2.55. The van der Waals surface area contributed by atoms with Crippen molar-refractivity contribution in [1.29, 1.82) is 0 Å². The minimum absolute atomic E-state index is 0.124. The molecule has 206 valence electrons. The first-order chi connectivity index (χ1) is 17.9. The van der Waals surface area contributed by atoms with E-state index in [0.717, 1.165) is 6.42 Å². The molecule has 0 aromatic heterocycles. The van der Waals surface area contributed by atoms with Gasteiger partial charge in [0.2, 0.25) is 5.91 Å². The topological polar surface area (TPSA) is 97.0 Å². The van der Waals surface area contributed by atoms with E-state index in [2.05, 4.69) is 17.6 Å². The van der Waals surface area contributed by atoms with Crippen molar-refractivity contribution >= 4 is 23.6 Å². The van der Waals surface area contributed by atoms with Crippen molar-refractivity contribution in [2.24, 2.45) is 11.8 Å². The van der Waals surface area contributed by atoms with Crippen LogP contribution in [0.3, 0.4) is 0 Å². The van der Waals surface area contributed by atoms with Gasteiger partial charge in [-0.1, -0.05) is 57.5 Å². The molecule has 1 saturated carbocycles. The second-order valence-corrected chi connectivity index (χ2v) is 11.1. The van der Waals surface area contributed by atoms with Crippen molar-refractivity contribution in [2.45, 2.75) is 78.1 Å². The molecule has 8 nitrogen and oxygen atoms in total. The van der Waals surface area contributed by atoms with Crippen LogP contribution in [0, 0.1) is 11.8 Å². The molecule has 1 fully saturated rings. The Morgan fingerprint density at radius 1 is 1.05 bits per heavy atom. The highest BCUT2D eigenvalue weighted by atomic mass is 16.6. The number of hydrogen-bond donors (Lipinski definition) is 2. The maximum atomic E-state index is 14.3. The molecule has 8 heteroatoms. The fourth-order valence-electron chi connectivity index (χ4n) is 4.41. The van der Waals surface area contributed by atoms with E-state index in [1.165, 1.54) is 0 Å². The fourth-order valence-corrected chi connectivity index (χ4v) is 4.41. The van der Waals surface area contributed by atoms with Crippen molar-refractivity contribution in [3.63, 3.8) is 0 Å². The number of nitrogens with zero attached hydrogens (tertiary/aromatic N) is 1. The van der Waals surface area contributed by atoms with Crippen LogP contribution in [0.2, 0.25) is 0 Å². The van der Waals surface area contributed by atoms with Gasteiger partial charge in [0.15, 0.2) is 0 Å². The Labute approximate surface area is 226 Å². The lowest BCUT2D eigenvalue weighted by atomic mass is 9.95. The third-order valence-corrected chi connectivity index (χ3v) is 6.83. The standard InChI is InChI=1S/C30H41N3O5/c1-8-19(2)25(32-29(36)38-30(4,5)6)28(35)33(24-18-20(24)3)26(21-12-10-9-11-13-21)27(34)31-22-14-16-23(37-7)17-15-22/h9-17,19-20,24-26H,8,18H2,1-7H3,(H,31,34)(H,32,36). The molecule has 0 bridgehead atoms. The second kappa shape index (κ2) is 12.3. The van der Waals surface area contributed by atoms with E-state index in [1.807, 2.05) is 44.2 Å². The van der Waals surface area contributed by atoms with Gasteiger partial charge in [0.1, 0.15) is 23.4 Å². The highest BCUT2D eigenvalue weighted by molar-refractivity contribution is 5.99. The summed E-state index contributed by atoms with van der Waals surface area (Å²) in [7, 11) is 1.58. The van der Waals surface area contributed by atoms with E-state index in [-0.39, 0.29) is 29.7 Å². The first-order valence-corrected chi connectivity index (χ1v) is 13.3. The molecule has 1 aliphatic rings. The highest BCUT2D eigenvalue weighted by Gasteiger charge is 2.48. The Hall–Kier alpha value is -3.55. The van der Waals surface area contributed by atoms with Gasteiger partial charge in [-0.15, -0.1) is 0 Å². The van der Waals surface area contributed by atoms with E-state index in [4.69, 9.17) is 9.47 Å². The zero-order valence-electron chi connectivity index (χ0n) is 23.5. The molecule has 2 N–H and O–H groups in total. The molecular weight excluding hydrogens is 482 g/mol. The summed E-state index contributed by atoms with van der Waals surface area (Å²) in [6.07, 6.45) is 0.790. The normalized spacial score (nSPS) is 18.9. The number of carbonyl (C=O) groups is 3. The Bertz CT molecular complexity index is 1100. The smallest absolute Gasteiger partial charge is 0.408 e. The van der Waals surface area contributed by atoms with Gasteiger partial charge in [0.25, 0.3) is 5.91 Å². The van der Waals surface area contributed by atoms with Crippen LogP contribution in [-0.4, -0.2) is 47.6 Å². The van der Waals surface area contributed by atoms with Gasteiger partial charge in [0, 0.05) is 11.7 Å². The number of ether oxygens (including phenoxy) is 2. The van der Waals surface area contributed by atoms with Crippen molar-refractivity contribution in [2.75, 3.05) is 12.4 Å². The average Bonchev–Trinajstić information content (AvgIpc) is 3.60. The lowest BCUT2D eigenvalue weighted by molar-refractivity contribution is -0.142. The number of hydrogen-bond acceptors (Lipinski definition) is 5. The second-order valence-electron chi connectivity index (χ2n) is 11.1. The third kappa shape index (κ3) is 7.49. The monoisotopic (exact) mass is 523 g/mol. The first kappa shape index (κ1) is 29.0. The van der Waals surface area contributed by atoms with E-state index in [1.54, 1.807) is 57.0 Å². The van der Waals surface area contributed by atoms with Crippen LogP contribution >= 0.6 is 0 Å². The van der Waals surface area contributed by atoms with Crippen LogP contribution in [0.25, 0.3) is 0 Å². The summed E-state index contributed by atoms with van der Waals surface area (Å²) in [5.74, 6) is 0.119. The molecule has 0 aliphatic heterocycles. The molecular formula is C30H41N3O5. The number of nitrogens with one attached hydrogen (secondary N) is 2. The summed E-state index contributed by atoms with van der Waals surface area (Å²) < 4.78 is 10.7. The lowest BCUT2D eigenvalue weighted by Gasteiger charge is -2.36. The van der Waals surface area contributed by atoms with E-state index >= 15 is 0 Å². The minimum Gasteiger partial charge on any atom is -0.497 e. The average molecular weight is 524 g/mol. The van der Waals surface area contributed by atoms with Crippen LogP contribution in [0.1, 0.15) is 66.0 Å². The number of benzene rings is 2. The van der Waals surface area contributed by atoms with Crippen molar-refractivity contribution in [3.05, 3.63) is 60.2 Å². The van der Waals surface area contributed by atoms with Crippen molar-refractivity contribution in [3.8, 4) is 5.75 Å². The van der Waals surface area contributed by atoms with Crippen LogP contribution in [0.15, 0.2) is 54.6 Å². The fraction of sp³-hybridized carbons (Fsp3) is 0.500. The predicted molar refractivity (Wildman–Crippen MR) is 148 cm³/mol. The summed E-state index contributed by atoms with van der Waals surface area (Å²) in [6, 6.07) is 14.5. The first-order valence-electron chi connectivity index (χ1n) is 13.3. The Morgan fingerprint density at radius 2 is 1.66 bits per heavy atom. The van der Waals surface area contributed by atoms with Crippen molar-refractivity contribution < 1.29 is 23.9 Å². The van der Waals surface area contributed by atoms with Gasteiger partial charge in [-0.2, -0.15) is 0 Å². The maximum absolute atomic E-state index is 14.3. The summed E-state index contributed by atoms with van der Waals surface area (Å²) in [6.45, 7) is 11.3. The molecule has 2 aromatic carbocycles. The number of amides is 3. The maximum Gasteiger partial charge on any atom is 0.408 e. The summed E-state index contributed by atoms with van der Waals surface area (Å²) in [5, 5.41) is 5.79. The largest absolute Gasteiger partial charge is 0.497 e. The molecule has 3 amide bonds. The molecule has 0 heterocycles. The predicted octanol–water partition coefficient (Wildman–Crippen LogP) is 5.55. The Balaban J connectivity index is 1.98. The number of rotatable bonds is 10. The van der Waals surface area contributed by atoms with Gasteiger partial charge in [0.05, 0.1) is 7.11 Å².